The third-order valence-corrected chi connectivity index (χ3v) is 7.60. The predicted octanol–water partition coefficient (Wildman–Crippen LogP) is 4.59. The Bertz CT molecular complexity index is 1660. The highest BCUT2D eigenvalue weighted by Crippen LogP contribution is 2.47. The number of halogens is 2. The Kier molecular flexibility index (Phi) is 8.57. The molecule has 2 aromatic carbocycles. The van der Waals surface area contributed by atoms with E-state index in [2.05, 4.69) is 35.8 Å². The number of aromatic nitrogens is 3. The first-order chi connectivity index (χ1) is 21.4. The van der Waals surface area contributed by atoms with E-state index in [0.29, 0.717) is 35.5 Å². The molecule has 6 rings (SSSR count). The molecular formula is C31H31F2N7O4. The van der Waals surface area contributed by atoms with Crippen molar-refractivity contribution in [2.75, 3.05) is 55.3 Å². The molecule has 1 saturated carbocycles. The smallest absolute Gasteiger partial charge is 0.240 e. The predicted molar refractivity (Wildman–Crippen MR) is 159 cm³/mol. The summed E-state index contributed by atoms with van der Waals surface area (Å²) in [6.07, 6.45) is 4.72. The molecule has 13 heteroatoms. The minimum absolute atomic E-state index is 0.0854. The van der Waals surface area contributed by atoms with Crippen molar-refractivity contribution in [3.8, 4) is 11.5 Å². The molecule has 1 saturated heterocycles. The first kappa shape index (κ1) is 29.3. The normalized spacial score (nSPS) is 15.9. The van der Waals surface area contributed by atoms with Crippen molar-refractivity contribution in [2.24, 2.45) is 5.41 Å². The quantitative estimate of drug-likeness (QED) is 0.167. The van der Waals surface area contributed by atoms with Gasteiger partial charge in [-0.3, -0.25) is 14.5 Å². The van der Waals surface area contributed by atoms with Gasteiger partial charge in [0.15, 0.2) is 28.5 Å². The minimum Gasteiger partial charge on any atom is -0.452 e. The molecule has 0 bridgehead atoms. The Labute approximate surface area is 252 Å². The van der Waals surface area contributed by atoms with Crippen LogP contribution in [-0.2, 0) is 14.3 Å². The summed E-state index contributed by atoms with van der Waals surface area (Å²) >= 11 is 0. The lowest BCUT2D eigenvalue weighted by molar-refractivity contribution is -0.131. The number of hydrogen-bond acceptors (Lipinski definition) is 9. The average molecular weight is 604 g/mol. The van der Waals surface area contributed by atoms with E-state index in [1.54, 1.807) is 12.3 Å². The molecule has 1 aliphatic carbocycles. The molecule has 4 aromatic rings. The third kappa shape index (κ3) is 6.74. The van der Waals surface area contributed by atoms with E-state index in [4.69, 9.17) is 9.47 Å². The molecule has 0 spiro atoms. The van der Waals surface area contributed by atoms with Gasteiger partial charge in [-0.05, 0) is 62.2 Å². The van der Waals surface area contributed by atoms with E-state index in [0.717, 1.165) is 51.9 Å². The number of morpholine rings is 1. The molecule has 3 N–H and O–H groups in total. The maximum absolute atomic E-state index is 15.1. The van der Waals surface area contributed by atoms with E-state index < -0.39 is 28.9 Å². The fraction of sp³-hybridized carbons (Fsp3) is 0.323. The molecule has 0 unspecified atom stereocenters. The van der Waals surface area contributed by atoms with Crippen LogP contribution in [0.15, 0.2) is 60.9 Å². The van der Waals surface area contributed by atoms with Crippen molar-refractivity contribution in [3.05, 3.63) is 72.6 Å². The molecule has 1 aliphatic heterocycles. The fourth-order valence-electron chi connectivity index (χ4n) is 4.91. The number of hydrogen-bond donors (Lipinski definition) is 3. The van der Waals surface area contributed by atoms with Gasteiger partial charge in [-0.15, -0.1) is 0 Å². The number of anilines is 3. The van der Waals surface area contributed by atoms with Gasteiger partial charge in [0, 0.05) is 49.3 Å². The number of ether oxygens (including phenoxy) is 2. The Balaban J connectivity index is 1.06. The zero-order valence-corrected chi connectivity index (χ0v) is 23.8. The molecule has 228 valence electrons. The van der Waals surface area contributed by atoms with Crippen LogP contribution in [0.2, 0.25) is 0 Å². The lowest BCUT2D eigenvalue weighted by atomic mass is 10.0. The van der Waals surface area contributed by atoms with E-state index >= 15 is 4.39 Å². The van der Waals surface area contributed by atoms with Crippen molar-refractivity contribution >= 4 is 40.2 Å². The highest BCUT2D eigenvalue weighted by molar-refractivity contribution is 6.16. The minimum atomic E-state index is -1.27. The second-order valence-electron chi connectivity index (χ2n) is 10.7. The Morgan fingerprint density at radius 3 is 2.39 bits per heavy atom. The van der Waals surface area contributed by atoms with Gasteiger partial charge < -0.3 is 25.4 Å². The van der Waals surface area contributed by atoms with Crippen molar-refractivity contribution in [3.63, 3.8) is 0 Å². The highest BCUT2D eigenvalue weighted by Gasteiger charge is 2.56. The lowest BCUT2D eigenvalue weighted by Gasteiger charge is -2.26. The fourth-order valence-corrected chi connectivity index (χ4v) is 4.91. The van der Waals surface area contributed by atoms with Crippen LogP contribution in [0.5, 0.6) is 11.5 Å². The summed E-state index contributed by atoms with van der Waals surface area (Å²) in [6, 6.07) is 10.8. The summed E-state index contributed by atoms with van der Waals surface area (Å²) in [5.74, 6) is -1.45. The summed E-state index contributed by atoms with van der Waals surface area (Å²) < 4.78 is 39.5. The largest absolute Gasteiger partial charge is 0.452 e. The number of carbonyl (C=O) groups is 2. The summed E-state index contributed by atoms with van der Waals surface area (Å²) in [4.78, 5) is 41.4. The molecule has 0 atom stereocenters. The number of pyridine rings is 1. The summed E-state index contributed by atoms with van der Waals surface area (Å²) in [7, 11) is 0. The highest BCUT2D eigenvalue weighted by atomic mass is 19.1. The Hall–Kier alpha value is -4.75. The number of nitrogens with one attached hydrogen (secondary N) is 3. The lowest BCUT2D eigenvalue weighted by Crippen LogP contribution is -2.37. The van der Waals surface area contributed by atoms with Crippen LogP contribution in [-0.4, -0.2) is 71.1 Å². The third-order valence-electron chi connectivity index (χ3n) is 7.60. The number of fused-ring (bicyclic) bond motifs is 1. The SMILES string of the molecule is O=C(Nc1ccc(F)cc1)C1(C(=O)Nc2ccc(Oc3ccnc4nc(NCCCN5CCOCC5)cnc34)c(F)c2)CC1. The molecule has 2 aromatic heterocycles. The number of rotatable bonds is 11. The standard InChI is InChI=1S/C31H31F2N7O4/c32-20-2-4-21(5-3-20)37-29(41)31(9-10-31)30(42)38-22-6-7-24(23(33)18-22)44-25-8-12-35-28-27(25)36-19-26(39-28)34-11-1-13-40-14-16-43-17-15-40/h2-8,12,18-19H,1,9-11,13-17H2,(H,37,41)(H,38,42)(H,34,35,39). The van der Waals surface area contributed by atoms with Crippen LogP contribution < -0.4 is 20.7 Å². The maximum atomic E-state index is 15.1. The van der Waals surface area contributed by atoms with Gasteiger partial charge in [0.25, 0.3) is 0 Å². The van der Waals surface area contributed by atoms with Gasteiger partial charge in [0.2, 0.25) is 11.8 Å². The van der Waals surface area contributed by atoms with Crippen molar-refractivity contribution < 1.29 is 27.8 Å². The van der Waals surface area contributed by atoms with Gasteiger partial charge in [-0.2, -0.15) is 0 Å². The van der Waals surface area contributed by atoms with Crippen molar-refractivity contribution in [1.82, 2.24) is 19.9 Å². The van der Waals surface area contributed by atoms with Crippen molar-refractivity contribution in [2.45, 2.75) is 19.3 Å². The topological polar surface area (TPSA) is 131 Å². The summed E-state index contributed by atoms with van der Waals surface area (Å²) in [5, 5.41) is 8.53. The van der Waals surface area contributed by atoms with Crippen LogP contribution >= 0.6 is 0 Å². The molecule has 44 heavy (non-hydrogen) atoms. The number of nitrogens with zero attached hydrogens (tertiary/aromatic N) is 4. The van der Waals surface area contributed by atoms with E-state index in [-0.39, 0.29) is 17.2 Å². The zero-order valence-electron chi connectivity index (χ0n) is 23.8. The molecule has 3 heterocycles. The maximum Gasteiger partial charge on any atom is 0.240 e. The van der Waals surface area contributed by atoms with Crippen molar-refractivity contribution in [1.29, 1.82) is 0 Å². The van der Waals surface area contributed by atoms with Gasteiger partial charge in [0.05, 0.1) is 19.4 Å². The van der Waals surface area contributed by atoms with Crippen LogP contribution in [0.4, 0.5) is 26.0 Å². The van der Waals surface area contributed by atoms with Crippen LogP contribution in [0.3, 0.4) is 0 Å². The van der Waals surface area contributed by atoms with Crippen LogP contribution in [0, 0.1) is 17.0 Å². The van der Waals surface area contributed by atoms with E-state index in [9.17, 15) is 14.0 Å². The Morgan fingerprint density at radius 2 is 1.66 bits per heavy atom. The molecule has 2 aliphatic rings. The van der Waals surface area contributed by atoms with Gasteiger partial charge in [-0.25, -0.2) is 23.7 Å². The summed E-state index contributed by atoms with van der Waals surface area (Å²) in [5.41, 5.74) is -0.0113. The van der Waals surface area contributed by atoms with Gasteiger partial charge in [0.1, 0.15) is 17.1 Å². The molecule has 0 radical (unpaired) electrons. The second-order valence-corrected chi connectivity index (χ2v) is 10.7. The number of carbonyl (C=O) groups excluding carboxylic acids is 2. The number of amides is 2. The first-order valence-electron chi connectivity index (χ1n) is 14.4. The summed E-state index contributed by atoms with van der Waals surface area (Å²) in [6.45, 7) is 5.12. The average Bonchev–Trinajstić information content (AvgIpc) is 3.85. The first-order valence-corrected chi connectivity index (χ1v) is 14.4. The number of benzene rings is 2. The zero-order chi connectivity index (χ0) is 30.5. The van der Waals surface area contributed by atoms with E-state index in [1.807, 2.05) is 0 Å². The second kappa shape index (κ2) is 12.9. The van der Waals surface area contributed by atoms with E-state index in [1.165, 1.54) is 42.6 Å². The molecule has 11 nitrogen and oxygen atoms in total. The molecule has 2 fully saturated rings. The van der Waals surface area contributed by atoms with Gasteiger partial charge in [-0.1, -0.05) is 0 Å². The van der Waals surface area contributed by atoms with Crippen LogP contribution in [0.25, 0.3) is 11.2 Å². The monoisotopic (exact) mass is 603 g/mol. The van der Waals surface area contributed by atoms with Crippen LogP contribution in [0.1, 0.15) is 19.3 Å². The molecular weight excluding hydrogens is 572 g/mol. The molecule has 2 amide bonds. The van der Waals surface area contributed by atoms with Gasteiger partial charge >= 0.3 is 0 Å². The Morgan fingerprint density at radius 1 is 0.932 bits per heavy atom.